The normalized spacial score (nSPS) is 14.6. The summed E-state index contributed by atoms with van der Waals surface area (Å²) in [4.78, 5) is 12.5. The molecule has 2 heterocycles. The number of oxazole rings is 1. The summed E-state index contributed by atoms with van der Waals surface area (Å²) in [6, 6.07) is 48.5. The molecule has 0 bridgehead atoms. The van der Waals surface area contributed by atoms with Crippen molar-refractivity contribution in [3.05, 3.63) is 151 Å². The topological polar surface area (TPSA) is 41.6 Å². The van der Waals surface area contributed by atoms with E-state index in [0.717, 1.165) is 61.2 Å². The van der Waals surface area contributed by atoms with Crippen LogP contribution < -0.4 is 4.90 Å². The van der Waals surface area contributed by atoms with Gasteiger partial charge in [0.15, 0.2) is 5.58 Å². The fourth-order valence-electron chi connectivity index (χ4n) is 6.06. The van der Waals surface area contributed by atoms with Crippen molar-refractivity contribution in [1.82, 2.24) is 4.98 Å². The fraction of sp³-hybridized carbons (Fsp3) is 0.0526. The molecule has 1 unspecified atom stereocenters. The van der Waals surface area contributed by atoms with E-state index in [1.807, 2.05) is 36.4 Å². The average Bonchev–Trinajstić information content (AvgIpc) is 3.51. The monoisotopic (exact) mass is 541 g/mol. The number of aliphatic imine (C=N–C) groups is 1. The summed E-state index contributed by atoms with van der Waals surface area (Å²) in [5, 5.41) is 2.21. The van der Waals surface area contributed by atoms with Gasteiger partial charge in [-0.1, -0.05) is 97.1 Å². The predicted molar refractivity (Wildman–Crippen MR) is 173 cm³/mol. The van der Waals surface area contributed by atoms with Crippen LogP contribution in [-0.2, 0) is 0 Å². The van der Waals surface area contributed by atoms with E-state index >= 15 is 0 Å². The highest BCUT2D eigenvalue weighted by molar-refractivity contribution is 6.11. The first-order chi connectivity index (χ1) is 20.7. The largest absolute Gasteiger partial charge is 0.436 e. The van der Waals surface area contributed by atoms with Crippen molar-refractivity contribution < 1.29 is 4.42 Å². The van der Waals surface area contributed by atoms with Crippen LogP contribution in [0, 0.1) is 0 Å². The van der Waals surface area contributed by atoms with E-state index in [0.29, 0.717) is 5.89 Å². The highest BCUT2D eigenvalue weighted by Gasteiger charge is 2.30. The fourth-order valence-corrected chi connectivity index (χ4v) is 6.06. The minimum atomic E-state index is -0.000818. The zero-order valence-corrected chi connectivity index (χ0v) is 23.1. The van der Waals surface area contributed by atoms with Crippen LogP contribution >= 0.6 is 0 Å². The number of benzene rings is 6. The first-order valence-electron chi connectivity index (χ1n) is 14.2. The van der Waals surface area contributed by atoms with Crippen LogP contribution in [0.1, 0.15) is 17.2 Å². The first kappa shape index (κ1) is 24.3. The van der Waals surface area contributed by atoms with Crippen molar-refractivity contribution in [3.8, 4) is 22.6 Å². The molecule has 0 saturated carbocycles. The van der Waals surface area contributed by atoms with E-state index in [1.54, 1.807) is 0 Å². The number of para-hydroxylation sites is 2. The number of rotatable bonds is 4. The maximum Gasteiger partial charge on any atom is 0.227 e. The molecule has 1 aromatic heterocycles. The number of fused-ring (bicyclic) bond motifs is 4. The van der Waals surface area contributed by atoms with Gasteiger partial charge in [0, 0.05) is 18.0 Å². The third-order valence-corrected chi connectivity index (χ3v) is 8.15. The minimum absolute atomic E-state index is 0.000818. The van der Waals surface area contributed by atoms with Crippen molar-refractivity contribution in [2.75, 3.05) is 11.9 Å². The van der Waals surface area contributed by atoms with Crippen molar-refractivity contribution in [2.45, 2.75) is 6.04 Å². The second-order valence-electron chi connectivity index (χ2n) is 10.7. The number of hydrogen-bond donors (Lipinski definition) is 0. The van der Waals surface area contributed by atoms with Crippen molar-refractivity contribution in [1.29, 1.82) is 0 Å². The van der Waals surface area contributed by atoms with Gasteiger partial charge in [0.25, 0.3) is 0 Å². The molecule has 1 aliphatic heterocycles. The van der Waals surface area contributed by atoms with Crippen LogP contribution in [-0.4, -0.2) is 17.7 Å². The van der Waals surface area contributed by atoms with Crippen LogP contribution in [0.15, 0.2) is 149 Å². The highest BCUT2D eigenvalue weighted by atomic mass is 16.3. The van der Waals surface area contributed by atoms with Crippen molar-refractivity contribution in [3.63, 3.8) is 0 Å². The van der Waals surface area contributed by atoms with Crippen LogP contribution in [0.2, 0.25) is 0 Å². The molecule has 1 aliphatic rings. The third-order valence-electron chi connectivity index (χ3n) is 8.15. The van der Waals surface area contributed by atoms with Crippen LogP contribution in [0.25, 0.3) is 44.5 Å². The molecular formula is C38H27N3O. The second-order valence-corrected chi connectivity index (χ2v) is 10.7. The van der Waals surface area contributed by atoms with Gasteiger partial charge in [-0.25, -0.2) is 9.98 Å². The number of likely N-dealkylation sites (N-methyl/N-ethyl adjacent to an activating group) is 1. The van der Waals surface area contributed by atoms with E-state index in [4.69, 9.17) is 14.4 Å². The van der Waals surface area contributed by atoms with Crippen molar-refractivity contribution in [2.24, 2.45) is 4.99 Å². The molecule has 0 fully saturated rings. The predicted octanol–water partition coefficient (Wildman–Crippen LogP) is 9.63. The minimum Gasteiger partial charge on any atom is -0.436 e. The Morgan fingerprint density at radius 1 is 0.619 bits per heavy atom. The van der Waals surface area contributed by atoms with Crippen LogP contribution in [0.4, 0.5) is 11.4 Å². The summed E-state index contributed by atoms with van der Waals surface area (Å²) in [5.74, 6) is 0.636. The third kappa shape index (κ3) is 4.08. The molecule has 42 heavy (non-hydrogen) atoms. The van der Waals surface area contributed by atoms with Crippen LogP contribution in [0.5, 0.6) is 0 Å². The standard InChI is InChI=1S/C38H27N3O/c1-41-33-18-9-8-17-32(33)39-35(37(41)26-11-4-2-5-12-26)30-16-10-15-28(23-30)29-20-19-25-21-22-34-36(31(25)24-29)40-38(42-34)27-13-6-3-7-14-27/h2-24,37H,1H3. The smallest absolute Gasteiger partial charge is 0.227 e. The lowest BCUT2D eigenvalue weighted by molar-refractivity contribution is 0.620. The maximum atomic E-state index is 6.17. The molecule has 6 aromatic carbocycles. The lowest BCUT2D eigenvalue weighted by Gasteiger charge is -2.36. The summed E-state index contributed by atoms with van der Waals surface area (Å²) in [6.45, 7) is 0. The molecule has 4 nitrogen and oxygen atoms in total. The summed E-state index contributed by atoms with van der Waals surface area (Å²) in [6.07, 6.45) is 0. The molecule has 7 aromatic rings. The van der Waals surface area contributed by atoms with E-state index in [9.17, 15) is 0 Å². The molecule has 0 N–H and O–H groups in total. The Labute approximate surface area is 244 Å². The van der Waals surface area contributed by atoms with Gasteiger partial charge in [-0.05, 0) is 70.1 Å². The van der Waals surface area contributed by atoms with E-state index < -0.39 is 0 Å². The highest BCUT2D eigenvalue weighted by Crippen LogP contribution is 2.41. The molecular weight excluding hydrogens is 514 g/mol. The molecule has 4 heteroatoms. The van der Waals surface area contributed by atoms with Gasteiger partial charge in [0.2, 0.25) is 5.89 Å². The quantitative estimate of drug-likeness (QED) is 0.223. The first-order valence-corrected chi connectivity index (χ1v) is 14.2. The van der Waals surface area contributed by atoms with Gasteiger partial charge in [-0.15, -0.1) is 0 Å². The molecule has 200 valence electrons. The Bertz CT molecular complexity index is 2110. The summed E-state index contributed by atoms with van der Waals surface area (Å²) < 4.78 is 6.17. The number of nitrogens with zero attached hydrogens (tertiary/aromatic N) is 3. The van der Waals surface area contributed by atoms with Gasteiger partial charge in [0.05, 0.1) is 23.1 Å². The van der Waals surface area contributed by atoms with E-state index in [2.05, 4.69) is 115 Å². The van der Waals surface area contributed by atoms with Crippen molar-refractivity contribution >= 4 is 39.0 Å². The maximum absolute atomic E-state index is 6.17. The van der Waals surface area contributed by atoms with E-state index in [-0.39, 0.29) is 6.04 Å². The molecule has 0 amide bonds. The molecule has 0 spiro atoms. The number of hydrogen-bond acceptors (Lipinski definition) is 4. The lowest BCUT2D eigenvalue weighted by atomic mass is 9.91. The number of anilines is 1. The van der Waals surface area contributed by atoms with Gasteiger partial charge < -0.3 is 9.32 Å². The summed E-state index contributed by atoms with van der Waals surface area (Å²) in [7, 11) is 2.16. The van der Waals surface area contributed by atoms with E-state index in [1.165, 1.54) is 5.56 Å². The van der Waals surface area contributed by atoms with Crippen LogP contribution in [0.3, 0.4) is 0 Å². The molecule has 0 radical (unpaired) electrons. The Kier molecular flexibility index (Phi) is 5.71. The summed E-state index contributed by atoms with van der Waals surface area (Å²) in [5.41, 5.74) is 10.4. The SMILES string of the molecule is CN1c2ccccc2N=C(c2cccc(-c3ccc4ccc5oc(-c6ccccc6)nc5c4c3)c2)C1c1ccccc1. The summed E-state index contributed by atoms with van der Waals surface area (Å²) >= 11 is 0. The molecule has 1 atom stereocenters. The lowest BCUT2D eigenvalue weighted by Crippen LogP contribution is -2.33. The van der Waals surface area contributed by atoms with Gasteiger partial charge in [0.1, 0.15) is 5.52 Å². The zero-order valence-electron chi connectivity index (χ0n) is 23.1. The Morgan fingerprint density at radius 3 is 2.17 bits per heavy atom. The average molecular weight is 542 g/mol. The second kappa shape index (κ2) is 9.86. The van der Waals surface area contributed by atoms with Gasteiger partial charge >= 0.3 is 0 Å². The van der Waals surface area contributed by atoms with Gasteiger partial charge in [-0.3, -0.25) is 0 Å². The Hall–Kier alpha value is -5.48. The molecule has 0 aliphatic carbocycles. The number of aromatic nitrogens is 1. The van der Waals surface area contributed by atoms with Gasteiger partial charge in [-0.2, -0.15) is 0 Å². The Balaban J connectivity index is 1.25. The Morgan fingerprint density at radius 2 is 1.31 bits per heavy atom. The zero-order chi connectivity index (χ0) is 28.0. The molecule has 0 saturated heterocycles. The molecule has 8 rings (SSSR count).